The van der Waals surface area contributed by atoms with Gasteiger partial charge in [-0.15, -0.1) is 0 Å². The number of carbonyl (C=O) groups is 1. The van der Waals surface area contributed by atoms with E-state index >= 15 is 0 Å². The highest BCUT2D eigenvalue weighted by atomic mass is 32.2. The molecule has 1 N–H and O–H groups in total. The molecule has 0 radical (unpaired) electrons. The second kappa shape index (κ2) is 12.1. The maximum Gasteiger partial charge on any atom is 0.409 e. The molecule has 2 atom stereocenters. The number of piperidine rings is 1. The topological polar surface area (TPSA) is 94.2 Å². The minimum atomic E-state index is -4.51. The van der Waals surface area contributed by atoms with Crippen molar-refractivity contribution >= 4 is 21.9 Å². The predicted octanol–water partition coefficient (Wildman–Crippen LogP) is 6.46. The summed E-state index contributed by atoms with van der Waals surface area (Å²) in [7, 11) is -1.27. The molecule has 2 saturated heterocycles. The van der Waals surface area contributed by atoms with Gasteiger partial charge in [-0.3, -0.25) is 4.79 Å². The number of carbonyl (C=O) groups excluding carboxylic acids is 1. The van der Waals surface area contributed by atoms with Crippen molar-refractivity contribution in [3.8, 4) is 17.2 Å². The summed E-state index contributed by atoms with van der Waals surface area (Å²) in [6, 6.07) is 21.0. The second-order valence-electron chi connectivity index (χ2n) is 12.2. The highest BCUT2D eigenvalue weighted by Gasteiger charge is 2.54. The highest BCUT2D eigenvalue weighted by molar-refractivity contribution is 7.85. The van der Waals surface area contributed by atoms with Crippen LogP contribution in [0.2, 0.25) is 0 Å². The first-order valence-electron chi connectivity index (χ1n) is 14.9. The van der Waals surface area contributed by atoms with Crippen molar-refractivity contribution in [2.24, 2.45) is 0 Å². The number of methoxy groups -OCH3 is 2. The van der Waals surface area contributed by atoms with E-state index < -0.39 is 21.6 Å². The molecule has 2 bridgehead atoms. The number of anilines is 1. The molecular formula is C34H42N2O6S. The molecule has 43 heavy (non-hydrogen) atoms. The summed E-state index contributed by atoms with van der Waals surface area (Å²) < 4.78 is 46.6. The summed E-state index contributed by atoms with van der Waals surface area (Å²) in [6.07, 6.45) is 2.61. The van der Waals surface area contributed by atoms with Gasteiger partial charge in [0, 0.05) is 12.1 Å². The zero-order valence-electron chi connectivity index (χ0n) is 25.8. The van der Waals surface area contributed by atoms with Crippen molar-refractivity contribution in [2.45, 2.75) is 82.7 Å². The van der Waals surface area contributed by atoms with Gasteiger partial charge >= 0.3 is 10.3 Å². The van der Waals surface area contributed by atoms with Gasteiger partial charge in [-0.05, 0) is 78.5 Å². The number of hydrogen-bond donors (Lipinski definition) is 1. The number of para-hydroxylation sites is 3. The van der Waals surface area contributed by atoms with Crippen molar-refractivity contribution in [1.82, 2.24) is 4.72 Å². The molecule has 2 aliphatic rings. The first-order valence-corrected chi connectivity index (χ1v) is 16.4. The third-order valence-corrected chi connectivity index (χ3v) is 9.76. The number of benzene rings is 3. The Bertz CT molecular complexity index is 1540. The molecule has 1 amide bonds. The number of fused-ring (bicyclic) bond motifs is 2. The van der Waals surface area contributed by atoms with Crippen molar-refractivity contribution in [2.75, 3.05) is 19.1 Å². The van der Waals surface area contributed by atoms with Crippen LogP contribution in [0.15, 0.2) is 66.7 Å². The van der Waals surface area contributed by atoms with Crippen LogP contribution in [0.4, 0.5) is 5.69 Å². The molecule has 0 saturated carbocycles. The number of ether oxygens (including phenoxy) is 2. The Morgan fingerprint density at radius 2 is 1.47 bits per heavy atom. The fourth-order valence-corrected chi connectivity index (χ4v) is 7.76. The lowest BCUT2D eigenvalue weighted by Gasteiger charge is -2.47. The van der Waals surface area contributed by atoms with E-state index in [0.29, 0.717) is 18.6 Å². The Morgan fingerprint density at radius 3 is 2.05 bits per heavy atom. The molecule has 3 aromatic rings. The predicted molar refractivity (Wildman–Crippen MR) is 168 cm³/mol. The molecule has 2 heterocycles. The van der Waals surface area contributed by atoms with E-state index in [1.54, 1.807) is 14.2 Å². The zero-order chi connectivity index (χ0) is 30.9. The maximum absolute atomic E-state index is 14.4. The summed E-state index contributed by atoms with van der Waals surface area (Å²) >= 11 is 0. The van der Waals surface area contributed by atoms with Gasteiger partial charge in [-0.25, -0.2) is 4.72 Å². The van der Waals surface area contributed by atoms with E-state index in [1.165, 1.54) is 0 Å². The van der Waals surface area contributed by atoms with Gasteiger partial charge in [0.2, 0.25) is 5.91 Å². The normalized spacial score (nSPS) is 21.6. The number of amides is 1. The van der Waals surface area contributed by atoms with E-state index in [-0.39, 0.29) is 29.7 Å². The van der Waals surface area contributed by atoms with Crippen LogP contribution in [-0.4, -0.2) is 40.6 Å². The number of nitrogens with one attached hydrogen (secondary N) is 1. The average Bonchev–Trinajstić information content (AvgIpc) is 3.25. The Morgan fingerprint density at radius 1 is 0.860 bits per heavy atom. The summed E-state index contributed by atoms with van der Waals surface area (Å²) in [4.78, 5) is 16.7. The minimum Gasteiger partial charge on any atom is -0.497 e. The molecule has 2 unspecified atom stereocenters. The number of nitrogens with zero attached hydrogens (tertiary/aromatic N) is 1. The lowest BCUT2D eigenvalue weighted by Crippen LogP contribution is -2.57. The first kappa shape index (κ1) is 30.7. The van der Waals surface area contributed by atoms with Gasteiger partial charge in [0.1, 0.15) is 11.5 Å². The van der Waals surface area contributed by atoms with Crippen LogP contribution >= 0.6 is 0 Å². The summed E-state index contributed by atoms with van der Waals surface area (Å²) in [5, 5.41) is 0. The van der Waals surface area contributed by atoms with Gasteiger partial charge in [0.05, 0.1) is 25.3 Å². The monoisotopic (exact) mass is 606 g/mol. The van der Waals surface area contributed by atoms with Crippen LogP contribution in [0.1, 0.15) is 81.9 Å². The third-order valence-electron chi connectivity index (χ3n) is 8.94. The van der Waals surface area contributed by atoms with E-state index in [4.69, 9.17) is 13.7 Å². The van der Waals surface area contributed by atoms with Crippen LogP contribution in [0.5, 0.6) is 17.2 Å². The molecule has 0 aromatic heterocycles. The van der Waals surface area contributed by atoms with Crippen LogP contribution in [-0.2, 0) is 20.5 Å². The minimum absolute atomic E-state index is 0.00448. The number of rotatable bonds is 10. The highest BCUT2D eigenvalue weighted by Crippen LogP contribution is 2.51. The van der Waals surface area contributed by atoms with Crippen LogP contribution in [0, 0.1) is 0 Å². The van der Waals surface area contributed by atoms with Crippen LogP contribution < -0.4 is 23.3 Å². The molecule has 8 nitrogen and oxygen atoms in total. The number of hydrogen-bond acceptors (Lipinski definition) is 7. The fraction of sp³-hybridized carbons (Fsp3) is 0.441. The van der Waals surface area contributed by atoms with Crippen LogP contribution in [0.3, 0.4) is 0 Å². The molecule has 0 spiro atoms. The maximum atomic E-state index is 14.4. The zero-order valence-corrected chi connectivity index (χ0v) is 26.6. The lowest BCUT2D eigenvalue weighted by molar-refractivity contribution is -0.126. The van der Waals surface area contributed by atoms with Gasteiger partial charge in [-0.1, -0.05) is 70.2 Å². The Balaban J connectivity index is 1.52. The van der Waals surface area contributed by atoms with E-state index in [9.17, 15) is 13.2 Å². The summed E-state index contributed by atoms with van der Waals surface area (Å²) in [6.45, 7) is 7.95. The molecule has 9 heteroatoms. The molecule has 5 rings (SSSR count). The largest absolute Gasteiger partial charge is 0.497 e. The van der Waals surface area contributed by atoms with Crippen LogP contribution in [0.25, 0.3) is 0 Å². The van der Waals surface area contributed by atoms with Crippen molar-refractivity contribution in [3.63, 3.8) is 0 Å². The smallest absolute Gasteiger partial charge is 0.409 e. The molecular weight excluding hydrogens is 564 g/mol. The standard InChI is InChI=1S/C34H42N2O6S/c1-22(2)28-13-10-14-29(23(3)4)32(28)42-43(38,39)35-33(37)34(24-11-9-12-27(19-24)40-5)20-25-17-18-26(21-34)36(25)30-15-7-8-16-31(30)41-6/h7-16,19,22-23,25-26H,17-18,20-21H2,1-6H3,(H,35,37). The fourth-order valence-electron chi connectivity index (χ4n) is 6.88. The summed E-state index contributed by atoms with van der Waals surface area (Å²) in [5.41, 5.74) is 2.14. The quantitative estimate of drug-likeness (QED) is 0.283. The Hall–Kier alpha value is -3.72. The Kier molecular flexibility index (Phi) is 8.65. The van der Waals surface area contributed by atoms with Gasteiger partial charge in [-0.2, -0.15) is 8.42 Å². The average molecular weight is 607 g/mol. The SMILES string of the molecule is COc1cccc(C2(C(=O)NS(=O)(=O)Oc3c(C(C)C)cccc3C(C)C)CC3CCC(C2)N3c2ccccc2OC)c1. The van der Waals surface area contributed by atoms with Crippen molar-refractivity contribution < 1.29 is 26.9 Å². The molecule has 3 aromatic carbocycles. The molecule has 2 fully saturated rings. The first-order chi connectivity index (χ1) is 20.5. The van der Waals surface area contributed by atoms with E-state index in [1.807, 2.05) is 94.4 Å². The summed E-state index contributed by atoms with van der Waals surface area (Å²) in [5.74, 6) is 1.13. The second-order valence-corrected chi connectivity index (χ2v) is 13.5. The molecule has 2 aliphatic heterocycles. The third kappa shape index (κ3) is 5.92. The van der Waals surface area contributed by atoms with Gasteiger partial charge in [0.25, 0.3) is 0 Å². The van der Waals surface area contributed by atoms with Gasteiger partial charge < -0.3 is 18.6 Å². The molecule has 0 aliphatic carbocycles. The van der Waals surface area contributed by atoms with Gasteiger partial charge in [0.15, 0.2) is 5.75 Å². The van der Waals surface area contributed by atoms with E-state index in [2.05, 4.69) is 9.62 Å². The lowest BCUT2D eigenvalue weighted by atomic mass is 9.69. The Labute approximate surface area is 255 Å². The van der Waals surface area contributed by atoms with E-state index in [0.717, 1.165) is 41.0 Å². The van der Waals surface area contributed by atoms with Crippen molar-refractivity contribution in [1.29, 1.82) is 0 Å². The molecule has 230 valence electrons. The van der Waals surface area contributed by atoms with Crippen molar-refractivity contribution in [3.05, 3.63) is 83.4 Å².